The molecule has 3 heterocycles. The van der Waals surface area contributed by atoms with Gasteiger partial charge in [0.2, 0.25) is 5.95 Å². The molecule has 2 saturated heterocycles. The van der Waals surface area contributed by atoms with Crippen LogP contribution in [0.2, 0.25) is 0 Å². The van der Waals surface area contributed by atoms with Crippen molar-refractivity contribution < 1.29 is 26.7 Å². The van der Waals surface area contributed by atoms with Gasteiger partial charge in [-0.1, -0.05) is 0 Å². The molecular weight excluding hydrogens is 389 g/mol. The van der Waals surface area contributed by atoms with Crippen LogP contribution < -0.4 is 4.74 Å². The maximum Gasteiger partial charge on any atom is 0.446 e. The molecule has 4 nitrogen and oxygen atoms in total. The number of nitrogens with zero attached hydrogens (tertiary/aromatic N) is 3. The van der Waals surface area contributed by atoms with E-state index in [2.05, 4.69) is 14.9 Å². The van der Waals surface area contributed by atoms with E-state index in [1.54, 1.807) is 0 Å². The fourth-order valence-corrected chi connectivity index (χ4v) is 4.54. The lowest BCUT2D eigenvalue weighted by Crippen LogP contribution is -2.43. The molecule has 0 amide bonds. The Morgan fingerprint density at radius 3 is 2.89 bits per heavy atom. The second-order valence-corrected chi connectivity index (χ2v) is 8.03. The first-order valence-corrected chi connectivity index (χ1v) is 9.31. The van der Waals surface area contributed by atoms with Gasteiger partial charge in [0.05, 0.1) is 16.4 Å². The molecule has 0 radical (unpaired) electrons. The zero-order valence-corrected chi connectivity index (χ0v) is 14.9. The lowest BCUT2D eigenvalue weighted by molar-refractivity contribution is -0.0328. The van der Waals surface area contributed by atoms with Gasteiger partial charge in [-0.25, -0.2) is 4.39 Å². The molecule has 0 unspecified atom stereocenters. The summed E-state index contributed by atoms with van der Waals surface area (Å²) in [5.74, 6) is -0.949. The summed E-state index contributed by atoms with van der Waals surface area (Å²) in [4.78, 5) is 9.62. The Hall–Kier alpha value is -1.68. The van der Waals surface area contributed by atoms with Crippen LogP contribution in [0.15, 0.2) is 23.1 Å². The van der Waals surface area contributed by atoms with E-state index in [4.69, 9.17) is 4.74 Å². The third-order valence-electron chi connectivity index (χ3n) is 5.06. The minimum Gasteiger partial charge on any atom is -0.461 e. The summed E-state index contributed by atoms with van der Waals surface area (Å²) < 4.78 is 71.1. The first-order chi connectivity index (χ1) is 12.7. The van der Waals surface area contributed by atoms with Crippen molar-refractivity contribution in [2.75, 3.05) is 19.7 Å². The summed E-state index contributed by atoms with van der Waals surface area (Å²) in [5.41, 5.74) is -4.73. The van der Waals surface area contributed by atoms with E-state index in [1.807, 2.05) is 0 Å². The molecule has 0 spiro atoms. The smallest absolute Gasteiger partial charge is 0.446 e. The maximum absolute atomic E-state index is 14.3. The van der Waals surface area contributed by atoms with Crippen molar-refractivity contribution >= 4 is 22.7 Å². The minimum atomic E-state index is -4.46. The van der Waals surface area contributed by atoms with Gasteiger partial charge in [0.25, 0.3) is 0 Å². The van der Waals surface area contributed by atoms with Crippen LogP contribution in [0.4, 0.5) is 22.0 Å². The predicted octanol–water partition coefficient (Wildman–Crippen LogP) is 4.34. The van der Waals surface area contributed by atoms with Crippen molar-refractivity contribution in [3.63, 3.8) is 0 Å². The van der Waals surface area contributed by atoms with Gasteiger partial charge in [-0.3, -0.25) is 4.90 Å². The topological polar surface area (TPSA) is 38.2 Å². The van der Waals surface area contributed by atoms with Crippen molar-refractivity contribution in [1.29, 1.82) is 0 Å². The van der Waals surface area contributed by atoms with Crippen LogP contribution in [-0.2, 0) is 0 Å². The number of halogens is 5. The quantitative estimate of drug-likeness (QED) is 0.430. The summed E-state index contributed by atoms with van der Waals surface area (Å²) in [6.07, 6.45) is 1.19. The molecule has 0 bridgehead atoms. The Balaban J connectivity index is 1.54. The van der Waals surface area contributed by atoms with E-state index in [-0.39, 0.29) is 40.2 Å². The fraction of sp³-hybridized carbons (Fsp3) is 0.529. The molecule has 2 fully saturated rings. The molecule has 10 heteroatoms. The normalized spacial score (nSPS) is 25.9. The SMILES string of the molecule is Fc1nc(OC[C@@]23CCCN2C[C@H](F)C3)nc2ccc(SC(F)(F)F)cc12. The van der Waals surface area contributed by atoms with Crippen LogP contribution in [0.25, 0.3) is 10.9 Å². The third kappa shape index (κ3) is 3.82. The molecule has 27 heavy (non-hydrogen) atoms. The van der Waals surface area contributed by atoms with Gasteiger partial charge in [-0.05, 0) is 49.3 Å². The molecule has 2 aliphatic heterocycles. The molecule has 2 aromatic rings. The summed E-state index contributed by atoms with van der Waals surface area (Å²) in [7, 11) is 0. The first-order valence-electron chi connectivity index (χ1n) is 8.49. The second-order valence-electron chi connectivity index (χ2n) is 6.89. The molecule has 4 rings (SSSR count). The number of alkyl halides is 4. The lowest BCUT2D eigenvalue weighted by atomic mass is 9.95. The number of hydrogen-bond donors (Lipinski definition) is 0. The van der Waals surface area contributed by atoms with E-state index in [9.17, 15) is 22.0 Å². The van der Waals surface area contributed by atoms with Crippen LogP contribution in [0, 0.1) is 5.95 Å². The summed E-state index contributed by atoms with van der Waals surface area (Å²) in [6.45, 7) is 1.33. The first kappa shape index (κ1) is 18.7. The van der Waals surface area contributed by atoms with Gasteiger partial charge < -0.3 is 4.74 Å². The highest BCUT2D eigenvalue weighted by atomic mass is 32.2. The number of hydrogen-bond acceptors (Lipinski definition) is 5. The van der Waals surface area contributed by atoms with E-state index in [1.165, 1.54) is 12.1 Å². The molecule has 0 N–H and O–H groups in total. The highest BCUT2D eigenvalue weighted by molar-refractivity contribution is 8.00. The Morgan fingerprint density at radius 2 is 2.11 bits per heavy atom. The van der Waals surface area contributed by atoms with Gasteiger partial charge in [-0.15, -0.1) is 0 Å². The Bertz CT molecular complexity index is 864. The average molecular weight is 405 g/mol. The average Bonchev–Trinajstić information content (AvgIpc) is 3.08. The molecule has 2 atom stereocenters. The number of benzene rings is 1. The Morgan fingerprint density at radius 1 is 1.30 bits per heavy atom. The monoisotopic (exact) mass is 405 g/mol. The van der Waals surface area contributed by atoms with Crippen LogP contribution in [0.3, 0.4) is 0 Å². The second kappa shape index (κ2) is 6.73. The van der Waals surface area contributed by atoms with Crippen molar-refractivity contribution in [1.82, 2.24) is 14.9 Å². The molecule has 0 aliphatic carbocycles. The van der Waals surface area contributed by atoms with E-state index >= 15 is 0 Å². The van der Waals surface area contributed by atoms with Crippen molar-refractivity contribution in [2.24, 2.45) is 0 Å². The molecule has 1 aromatic carbocycles. The molecular formula is C17H16F5N3OS. The number of aromatic nitrogens is 2. The van der Waals surface area contributed by atoms with Crippen LogP contribution in [-0.4, -0.2) is 51.8 Å². The molecule has 1 aromatic heterocycles. The highest BCUT2D eigenvalue weighted by Gasteiger charge is 2.49. The Kier molecular flexibility index (Phi) is 4.66. The zero-order chi connectivity index (χ0) is 19.2. The van der Waals surface area contributed by atoms with Crippen molar-refractivity contribution in [3.05, 3.63) is 24.1 Å². The molecule has 146 valence electrons. The summed E-state index contributed by atoms with van der Waals surface area (Å²) >= 11 is -0.329. The minimum absolute atomic E-state index is 0.109. The van der Waals surface area contributed by atoms with Crippen LogP contribution >= 0.6 is 11.8 Å². The fourth-order valence-electron chi connectivity index (χ4n) is 3.96. The largest absolute Gasteiger partial charge is 0.461 e. The summed E-state index contributed by atoms with van der Waals surface area (Å²) in [6, 6.07) is 3.39. The van der Waals surface area contributed by atoms with E-state index < -0.39 is 23.2 Å². The number of ether oxygens (including phenoxy) is 1. The number of fused-ring (bicyclic) bond motifs is 2. The lowest BCUT2D eigenvalue weighted by Gasteiger charge is -2.30. The van der Waals surface area contributed by atoms with E-state index in [0.29, 0.717) is 13.0 Å². The standard InChI is InChI=1S/C17H16F5N3OS/c18-10-7-16(4-1-5-25(16)8-10)9-26-15-23-13-3-2-11(27-17(20,21)22)6-12(13)14(19)24-15/h2-3,6,10H,1,4-5,7-9H2/t10-,16+/m1/s1. The van der Waals surface area contributed by atoms with Crippen LogP contribution in [0.5, 0.6) is 6.01 Å². The maximum atomic E-state index is 14.3. The predicted molar refractivity (Wildman–Crippen MR) is 90.0 cm³/mol. The van der Waals surface area contributed by atoms with Gasteiger partial charge in [0.15, 0.2) is 0 Å². The van der Waals surface area contributed by atoms with Crippen LogP contribution in [0.1, 0.15) is 19.3 Å². The molecule has 2 aliphatic rings. The molecule has 0 saturated carbocycles. The number of rotatable bonds is 4. The van der Waals surface area contributed by atoms with E-state index in [0.717, 1.165) is 25.5 Å². The van der Waals surface area contributed by atoms with Gasteiger partial charge in [0, 0.05) is 17.9 Å². The third-order valence-corrected chi connectivity index (χ3v) is 5.79. The highest BCUT2D eigenvalue weighted by Crippen LogP contribution is 2.40. The zero-order valence-electron chi connectivity index (χ0n) is 14.1. The van der Waals surface area contributed by atoms with Crippen molar-refractivity contribution in [2.45, 2.75) is 41.4 Å². The number of thioether (sulfide) groups is 1. The summed E-state index contributed by atoms with van der Waals surface area (Å²) in [5, 5.41) is -0.109. The van der Waals surface area contributed by atoms with Gasteiger partial charge in [-0.2, -0.15) is 27.5 Å². The van der Waals surface area contributed by atoms with Crippen molar-refractivity contribution in [3.8, 4) is 6.01 Å². The van der Waals surface area contributed by atoms with Gasteiger partial charge >= 0.3 is 11.5 Å². The van der Waals surface area contributed by atoms with Gasteiger partial charge in [0.1, 0.15) is 12.8 Å². The Labute approximate surface area is 156 Å².